The highest BCUT2D eigenvalue weighted by Crippen LogP contribution is 2.21. The molecule has 1 aromatic heterocycles. The third-order valence-electron chi connectivity index (χ3n) is 2.51. The minimum atomic E-state index is -0.350. The zero-order valence-electron chi connectivity index (χ0n) is 10.1. The van der Waals surface area contributed by atoms with Gasteiger partial charge >= 0.3 is 0 Å². The van der Waals surface area contributed by atoms with E-state index in [0.29, 0.717) is 21.5 Å². The smallest absolute Gasteiger partial charge is 0.260 e. The average Bonchev–Trinajstić information content (AvgIpc) is 2.85. The quantitative estimate of drug-likeness (QED) is 0.912. The number of furan rings is 1. The number of hydrogen-bond acceptors (Lipinski definition) is 3. The molecule has 0 bridgehead atoms. The Balaban J connectivity index is 2.27. The summed E-state index contributed by atoms with van der Waals surface area (Å²) in [6, 6.07) is 8.32. The van der Waals surface area contributed by atoms with Crippen LogP contribution in [0.5, 0.6) is 0 Å². The molecule has 0 unspecified atom stereocenters. The van der Waals surface area contributed by atoms with Crippen molar-refractivity contribution in [2.24, 2.45) is 0 Å². The SMILES string of the molecule is CNC(=O)c1ccccc1NC(=O)c1ccoc1Br. The first-order valence-electron chi connectivity index (χ1n) is 5.49. The molecule has 19 heavy (non-hydrogen) atoms. The average molecular weight is 323 g/mol. The molecule has 0 saturated heterocycles. The highest BCUT2D eigenvalue weighted by Gasteiger charge is 2.16. The molecule has 2 rings (SSSR count). The number of carbonyl (C=O) groups is 2. The van der Waals surface area contributed by atoms with Gasteiger partial charge in [0.15, 0.2) is 4.67 Å². The molecule has 0 fully saturated rings. The molecule has 0 atom stereocenters. The second-order valence-electron chi connectivity index (χ2n) is 3.69. The van der Waals surface area contributed by atoms with E-state index in [1.807, 2.05) is 0 Å². The van der Waals surface area contributed by atoms with Crippen molar-refractivity contribution < 1.29 is 14.0 Å². The third kappa shape index (κ3) is 2.85. The van der Waals surface area contributed by atoms with Crippen molar-refractivity contribution in [3.8, 4) is 0 Å². The summed E-state index contributed by atoms with van der Waals surface area (Å²) in [5.74, 6) is -0.612. The van der Waals surface area contributed by atoms with Crippen LogP contribution in [0.3, 0.4) is 0 Å². The number of carbonyl (C=O) groups excluding carboxylic acids is 2. The second kappa shape index (κ2) is 5.71. The maximum absolute atomic E-state index is 12.0. The van der Waals surface area contributed by atoms with Gasteiger partial charge in [-0.1, -0.05) is 12.1 Å². The van der Waals surface area contributed by atoms with Crippen molar-refractivity contribution in [3.63, 3.8) is 0 Å². The molecule has 0 saturated carbocycles. The molecule has 98 valence electrons. The number of amides is 2. The largest absolute Gasteiger partial charge is 0.457 e. The lowest BCUT2D eigenvalue weighted by Gasteiger charge is -2.09. The number of halogens is 1. The molecule has 0 aliphatic heterocycles. The van der Waals surface area contributed by atoms with E-state index in [1.54, 1.807) is 30.3 Å². The molecule has 6 heteroatoms. The van der Waals surface area contributed by atoms with E-state index in [9.17, 15) is 9.59 Å². The van der Waals surface area contributed by atoms with Gasteiger partial charge in [-0.05, 0) is 34.1 Å². The van der Waals surface area contributed by atoms with Crippen LogP contribution in [0, 0.1) is 0 Å². The van der Waals surface area contributed by atoms with E-state index in [-0.39, 0.29) is 11.8 Å². The van der Waals surface area contributed by atoms with Gasteiger partial charge < -0.3 is 15.1 Å². The van der Waals surface area contributed by atoms with Crippen LogP contribution in [0.25, 0.3) is 0 Å². The summed E-state index contributed by atoms with van der Waals surface area (Å²) in [6.07, 6.45) is 1.41. The van der Waals surface area contributed by atoms with Gasteiger partial charge in [-0.2, -0.15) is 0 Å². The van der Waals surface area contributed by atoms with Gasteiger partial charge in [0.05, 0.1) is 23.1 Å². The van der Waals surface area contributed by atoms with E-state index < -0.39 is 0 Å². The van der Waals surface area contributed by atoms with Gasteiger partial charge in [0, 0.05) is 7.05 Å². The molecule has 1 aromatic carbocycles. The Morgan fingerprint density at radius 2 is 1.84 bits per heavy atom. The van der Waals surface area contributed by atoms with Gasteiger partial charge in [0.25, 0.3) is 11.8 Å². The molecular formula is C13H11BrN2O3. The Morgan fingerprint density at radius 3 is 2.47 bits per heavy atom. The van der Waals surface area contributed by atoms with Crippen LogP contribution < -0.4 is 10.6 Å². The molecule has 1 heterocycles. The minimum absolute atomic E-state index is 0.262. The molecule has 2 N–H and O–H groups in total. The zero-order valence-corrected chi connectivity index (χ0v) is 11.7. The van der Waals surface area contributed by atoms with Crippen LogP contribution in [0.4, 0.5) is 5.69 Å². The Labute approximate surface area is 118 Å². The van der Waals surface area contributed by atoms with E-state index in [0.717, 1.165) is 0 Å². The van der Waals surface area contributed by atoms with E-state index in [2.05, 4.69) is 26.6 Å². The summed E-state index contributed by atoms with van der Waals surface area (Å²) in [5, 5.41) is 5.20. The summed E-state index contributed by atoms with van der Waals surface area (Å²) >= 11 is 3.13. The van der Waals surface area contributed by atoms with Crippen molar-refractivity contribution in [1.29, 1.82) is 0 Å². The predicted octanol–water partition coefficient (Wildman–Crippen LogP) is 2.65. The molecule has 0 aliphatic carbocycles. The van der Waals surface area contributed by atoms with Gasteiger partial charge in [-0.15, -0.1) is 0 Å². The fourth-order valence-corrected chi connectivity index (χ4v) is 1.99. The lowest BCUT2D eigenvalue weighted by Crippen LogP contribution is -2.21. The monoisotopic (exact) mass is 322 g/mol. The summed E-state index contributed by atoms with van der Waals surface area (Å²) in [5.41, 5.74) is 1.21. The summed E-state index contributed by atoms with van der Waals surface area (Å²) in [7, 11) is 1.54. The van der Waals surface area contributed by atoms with Crippen molar-refractivity contribution in [1.82, 2.24) is 5.32 Å². The third-order valence-corrected chi connectivity index (χ3v) is 3.12. The Kier molecular flexibility index (Phi) is 4.01. The van der Waals surface area contributed by atoms with E-state index in [1.165, 1.54) is 13.3 Å². The Hall–Kier alpha value is -2.08. The van der Waals surface area contributed by atoms with Gasteiger partial charge in [0.2, 0.25) is 0 Å². The lowest BCUT2D eigenvalue weighted by atomic mass is 10.1. The van der Waals surface area contributed by atoms with Crippen LogP contribution in [0.2, 0.25) is 0 Å². The van der Waals surface area contributed by atoms with Gasteiger partial charge in [0.1, 0.15) is 0 Å². The van der Waals surface area contributed by atoms with Crippen LogP contribution in [0.15, 0.2) is 45.7 Å². The molecule has 2 amide bonds. The van der Waals surface area contributed by atoms with Gasteiger partial charge in [-0.3, -0.25) is 9.59 Å². The van der Waals surface area contributed by atoms with Gasteiger partial charge in [-0.25, -0.2) is 0 Å². The normalized spacial score (nSPS) is 10.0. The molecule has 5 nitrogen and oxygen atoms in total. The van der Waals surface area contributed by atoms with Crippen molar-refractivity contribution >= 4 is 33.4 Å². The zero-order chi connectivity index (χ0) is 13.8. The molecule has 0 aliphatic rings. The topological polar surface area (TPSA) is 71.3 Å². The first-order valence-corrected chi connectivity index (χ1v) is 6.28. The standard InChI is InChI=1S/C13H11BrN2O3/c1-15-12(17)8-4-2-3-5-10(8)16-13(18)9-6-7-19-11(9)14/h2-7H,1H3,(H,15,17)(H,16,18). The summed E-state index contributed by atoms with van der Waals surface area (Å²) < 4.78 is 5.35. The lowest BCUT2D eigenvalue weighted by molar-refractivity contribution is 0.0964. The fraction of sp³-hybridized carbons (Fsp3) is 0.0769. The maximum atomic E-state index is 12.0. The van der Waals surface area contributed by atoms with Crippen LogP contribution in [-0.4, -0.2) is 18.9 Å². The number of anilines is 1. The Bertz CT molecular complexity index is 622. The van der Waals surface area contributed by atoms with Crippen molar-refractivity contribution in [3.05, 3.63) is 52.4 Å². The molecule has 0 radical (unpaired) electrons. The number of nitrogens with one attached hydrogen (secondary N) is 2. The highest BCUT2D eigenvalue weighted by atomic mass is 79.9. The molecular weight excluding hydrogens is 312 g/mol. The first-order chi connectivity index (χ1) is 9.13. The van der Waals surface area contributed by atoms with Crippen molar-refractivity contribution in [2.45, 2.75) is 0 Å². The van der Waals surface area contributed by atoms with Crippen molar-refractivity contribution in [2.75, 3.05) is 12.4 Å². The van der Waals surface area contributed by atoms with Crippen LogP contribution >= 0.6 is 15.9 Å². The number of para-hydroxylation sites is 1. The van der Waals surface area contributed by atoms with Crippen LogP contribution in [-0.2, 0) is 0 Å². The predicted molar refractivity (Wildman–Crippen MR) is 74.2 cm³/mol. The fourth-order valence-electron chi connectivity index (χ4n) is 1.57. The van der Waals surface area contributed by atoms with E-state index in [4.69, 9.17) is 4.42 Å². The second-order valence-corrected chi connectivity index (χ2v) is 4.41. The summed E-state index contributed by atoms with van der Waals surface area (Å²) in [4.78, 5) is 23.7. The van der Waals surface area contributed by atoms with E-state index >= 15 is 0 Å². The Morgan fingerprint density at radius 1 is 1.11 bits per heavy atom. The number of rotatable bonds is 3. The highest BCUT2D eigenvalue weighted by molar-refractivity contribution is 9.10. The number of benzene rings is 1. The minimum Gasteiger partial charge on any atom is -0.457 e. The summed E-state index contributed by atoms with van der Waals surface area (Å²) in [6.45, 7) is 0. The molecule has 0 spiro atoms. The van der Waals surface area contributed by atoms with Crippen LogP contribution in [0.1, 0.15) is 20.7 Å². The maximum Gasteiger partial charge on any atom is 0.260 e. The number of hydrogen-bond donors (Lipinski definition) is 2. The first kappa shape index (κ1) is 13.4. The molecule has 2 aromatic rings.